The molecule has 1 aromatic heterocycles. The number of anilines is 1. The van der Waals surface area contributed by atoms with Crippen LogP contribution in [0.15, 0.2) is 36.7 Å². The summed E-state index contributed by atoms with van der Waals surface area (Å²) in [5.41, 5.74) is 1.37. The van der Waals surface area contributed by atoms with Gasteiger partial charge in [0, 0.05) is 38.6 Å². The van der Waals surface area contributed by atoms with Crippen molar-refractivity contribution in [2.24, 2.45) is 11.8 Å². The summed E-state index contributed by atoms with van der Waals surface area (Å²) < 4.78 is 0. The smallest absolute Gasteiger partial charge is 0.257 e. The highest BCUT2D eigenvalue weighted by Crippen LogP contribution is 2.33. The average molecular weight is 366 g/mol. The summed E-state index contributed by atoms with van der Waals surface area (Å²) in [7, 11) is 0. The molecule has 1 amide bonds. The van der Waals surface area contributed by atoms with E-state index in [9.17, 15) is 9.90 Å². The quantitative estimate of drug-likeness (QED) is 0.905. The van der Waals surface area contributed by atoms with Gasteiger partial charge in [-0.25, -0.2) is 9.97 Å². The van der Waals surface area contributed by atoms with Crippen LogP contribution in [0, 0.1) is 18.8 Å². The van der Waals surface area contributed by atoms with E-state index < -0.39 is 0 Å². The number of aromatic nitrogens is 2. The van der Waals surface area contributed by atoms with Gasteiger partial charge in [0.1, 0.15) is 5.75 Å². The molecule has 4 rings (SSSR count). The maximum absolute atomic E-state index is 12.8. The monoisotopic (exact) mass is 366 g/mol. The average Bonchev–Trinajstić information content (AvgIpc) is 3.19. The van der Waals surface area contributed by atoms with Crippen LogP contribution in [0.4, 0.5) is 5.95 Å². The third kappa shape index (κ3) is 3.75. The Morgan fingerprint density at radius 1 is 1.07 bits per heavy atom. The number of aryl methyl sites for hydroxylation is 1. The summed E-state index contributed by atoms with van der Waals surface area (Å²) in [6.45, 7) is 5.42. The first kappa shape index (κ1) is 17.8. The van der Waals surface area contributed by atoms with E-state index in [0.29, 0.717) is 17.4 Å². The van der Waals surface area contributed by atoms with E-state index in [1.165, 1.54) is 0 Å². The molecule has 0 saturated carbocycles. The van der Waals surface area contributed by atoms with Crippen LogP contribution in [0.25, 0.3) is 0 Å². The van der Waals surface area contributed by atoms with Gasteiger partial charge in [-0.1, -0.05) is 6.07 Å². The fourth-order valence-electron chi connectivity index (χ4n) is 4.37. The second-order valence-electron chi connectivity index (χ2n) is 7.69. The van der Waals surface area contributed by atoms with Crippen molar-refractivity contribution in [2.75, 3.05) is 31.1 Å². The standard InChI is InChI=1S/C21H26N4O2/c1-15-3-4-18(19(26)13-15)20(27)25-12-7-17(14-25)16-5-10-24(11-6-16)21-22-8-2-9-23-21/h2-4,8-9,13,16-17,26H,5-7,10-12,14H2,1H3. The number of benzene rings is 1. The normalized spacial score (nSPS) is 20.9. The molecular weight excluding hydrogens is 340 g/mol. The second kappa shape index (κ2) is 7.55. The number of piperidine rings is 1. The summed E-state index contributed by atoms with van der Waals surface area (Å²) in [5.74, 6) is 2.02. The fourth-order valence-corrected chi connectivity index (χ4v) is 4.37. The van der Waals surface area contributed by atoms with Crippen LogP contribution in [0.5, 0.6) is 5.75 Å². The Kier molecular flexibility index (Phi) is 4.97. The number of hydrogen-bond acceptors (Lipinski definition) is 5. The first-order chi connectivity index (χ1) is 13.1. The molecular formula is C21H26N4O2. The summed E-state index contributed by atoms with van der Waals surface area (Å²) in [5, 5.41) is 10.1. The van der Waals surface area contributed by atoms with Crippen LogP contribution in [0.1, 0.15) is 35.2 Å². The van der Waals surface area contributed by atoms with Gasteiger partial charge in [0.25, 0.3) is 5.91 Å². The van der Waals surface area contributed by atoms with Crippen LogP contribution in [0.3, 0.4) is 0 Å². The van der Waals surface area contributed by atoms with E-state index in [1.807, 2.05) is 24.0 Å². The van der Waals surface area contributed by atoms with Crippen LogP contribution in [-0.4, -0.2) is 52.1 Å². The van der Waals surface area contributed by atoms with Crippen molar-refractivity contribution in [3.05, 3.63) is 47.8 Å². The molecule has 0 radical (unpaired) electrons. The summed E-state index contributed by atoms with van der Waals surface area (Å²) in [4.78, 5) is 25.6. The van der Waals surface area contributed by atoms with Gasteiger partial charge in [0.15, 0.2) is 0 Å². The molecule has 6 nitrogen and oxygen atoms in total. The molecule has 0 bridgehead atoms. The minimum Gasteiger partial charge on any atom is -0.507 e. The number of likely N-dealkylation sites (tertiary alicyclic amines) is 1. The largest absolute Gasteiger partial charge is 0.507 e. The molecule has 142 valence electrons. The van der Waals surface area contributed by atoms with Gasteiger partial charge in [-0.3, -0.25) is 4.79 Å². The first-order valence-electron chi connectivity index (χ1n) is 9.72. The predicted octanol–water partition coefficient (Wildman–Crippen LogP) is 2.87. The first-order valence-corrected chi connectivity index (χ1v) is 9.72. The van der Waals surface area contributed by atoms with Crippen molar-refractivity contribution in [3.8, 4) is 5.75 Å². The lowest BCUT2D eigenvalue weighted by molar-refractivity contribution is 0.0777. The number of nitrogens with zero attached hydrogens (tertiary/aromatic N) is 4. The molecule has 1 N–H and O–H groups in total. The lowest BCUT2D eigenvalue weighted by Gasteiger charge is -2.34. The number of amides is 1. The Morgan fingerprint density at radius 3 is 2.48 bits per heavy atom. The van der Waals surface area contributed by atoms with Gasteiger partial charge in [-0.05, 0) is 61.8 Å². The highest BCUT2D eigenvalue weighted by Gasteiger charge is 2.34. The zero-order valence-electron chi connectivity index (χ0n) is 15.7. The van der Waals surface area contributed by atoms with Crippen molar-refractivity contribution < 1.29 is 9.90 Å². The zero-order chi connectivity index (χ0) is 18.8. The lowest BCUT2D eigenvalue weighted by atomic mass is 9.84. The topological polar surface area (TPSA) is 69.6 Å². The van der Waals surface area contributed by atoms with Crippen molar-refractivity contribution >= 4 is 11.9 Å². The zero-order valence-corrected chi connectivity index (χ0v) is 15.7. The molecule has 2 saturated heterocycles. The van der Waals surface area contributed by atoms with Gasteiger partial charge in [-0.2, -0.15) is 0 Å². The molecule has 1 atom stereocenters. The Hall–Kier alpha value is -2.63. The maximum atomic E-state index is 12.8. The number of phenolic OH excluding ortho intramolecular Hbond substituents is 1. The molecule has 2 aliphatic rings. The third-order valence-corrected chi connectivity index (χ3v) is 5.94. The number of aromatic hydroxyl groups is 1. The number of rotatable bonds is 3. The second-order valence-corrected chi connectivity index (χ2v) is 7.69. The lowest BCUT2D eigenvalue weighted by Crippen LogP contribution is -2.38. The maximum Gasteiger partial charge on any atom is 0.257 e. The molecule has 3 heterocycles. The minimum absolute atomic E-state index is 0.0508. The van der Waals surface area contributed by atoms with Gasteiger partial charge >= 0.3 is 0 Å². The fraction of sp³-hybridized carbons (Fsp3) is 0.476. The molecule has 1 unspecified atom stereocenters. The molecule has 2 aromatic rings. The molecule has 0 aliphatic carbocycles. The van der Waals surface area contributed by atoms with Gasteiger partial charge in [0.2, 0.25) is 5.95 Å². The van der Waals surface area contributed by atoms with Crippen LogP contribution >= 0.6 is 0 Å². The minimum atomic E-state index is -0.0508. The molecule has 0 spiro atoms. The SMILES string of the molecule is Cc1ccc(C(=O)N2CCC(C3CCN(c4ncccn4)CC3)C2)c(O)c1. The van der Waals surface area contributed by atoms with E-state index in [0.717, 1.165) is 57.0 Å². The Bertz CT molecular complexity index is 803. The highest BCUT2D eigenvalue weighted by atomic mass is 16.3. The van der Waals surface area contributed by atoms with Gasteiger partial charge < -0.3 is 14.9 Å². The molecule has 27 heavy (non-hydrogen) atoms. The molecule has 1 aromatic carbocycles. The van der Waals surface area contributed by atoms with E-state index in [2.05, 4.69) is 14.9 Å². The van der Waals surface area contributed by atoms with Crippen molar-refractivity contribution in [3.63, 3.8) is 0 Å². The number of carbonyl (C=O) groups is 1. The molecule has 2 aliphatic heterocycles. The van der Waals surface area contributed by atoms with E-state index in [-0.39, 0.29) is 11.7 Å². The summed E-state index contributed by atoms with van der Waals surface area (Å²) >= 11 is 0. The Labute approximate surface area is 159 Å². The van der Waals surface area contributed by atoms with E-state index in [4.69, 9.17) is 0 Å². The molecule has 2 fully saturated rings. The van der Waals surface area contributed by atoms with Gasteiger partial charge in [-0.15, -0.1) is 0 Å². The molecule has 6 heteroatoms. The number of phenols is 1. The highest BCUT2D eigenvalue weighted by molar-refractivity contribution is 5.97. The Morgan fingerprint density at radius 2 is 1.78 bits per heavy atom. The van der Waals surface area contributed by atoms with Crippen LogP contribution < -0.4 is 4.90 Å². The summed E-state index contributed by atoms with van der Waals surface area (Å²) in [6.07, 6.45) is 6.84. The number of hydrogen-bond donors (Lipinski definition) is 1. The third-order valence-electron chi connectivity index (χ3n) is 5.94. The summed E-state index contributed by atoms with van der Waals surface area (Å²) in [6, 6.07) is 7.11. The van der Waals surface area contributed by atoms with Crippen LogP contribution in [0.2, 0.25) is 0 Å². The van der Waals surface area contributed by atoms with Crippen molar-refractivity contribution in [1.29, 1.82) is 0 Å². The Balaban J connectivity index is 1.34. The van der Waals surface area contributed by atoms with E-state index in [1.54, 1.807) is 24.5 Å². The van der Waals surface area contributed by atoms with Crippen molar-refractivity contribution in [2.45, 2.75) is 26.2 Å². The van der Waals surface area contributed by atoms with E-state index >= 15 is 0 Å². The predicted molar refractivity (Wildman–Crippen MR) is 104 cm³/mol. The van der Waals surface area contributed by atoms with Crippen molar-refractivity contribution in [1.82, 2.24) is 14.9 Å². The van der Waals surface area contributed by atoms with Crippen LogP contribution in [-0.2, 0) is 0 Å². The van der Waals surface area contributed by atoms with Gasteiger partial charge in [0.05, 0.1) is 5.56 Å². The number of carbonyl (C=O) groups excluding carboxylic acids is 1.